The Hall–Kier alpha value is -3.33. The molecule has 24 heavy (non-hydrogen) atoms. The van der Waals surface area contributed by atoms with Crippen LogP contribution in [0.3, 0.4) is 0 Å². The van der Waals surface area contributed by atoms with Crippen LogP contribution in [0.15, 0.2) is 53.9 Å². The molecule has 0 saturated heterocycles. The second kappa shape index (κ2) is 7.29. The molecule has 0 spiro atoms. The lowest BCUT2D eigenvalue weighted by Gasteiger charge is -2.23. The number of aryl methyl sites for hydroxylation is 1. The van der Waals surface area contributed by atoms with Crippen LogP contribution in [0.2, 0.25) is 0 Å². The number of carbonyl (C=O) groups is 2. The van der Waals surface area contributed by atoms with Gasteiger partial charge in [-0.2, -0.15) is 5.26 Å². The van der Waals surface area contributed by atoms with Gasteiger partial charge >= 0.3 is 11.9 Å². The zero-order chi connectivity index (χ0) is 17.7. The number of benzene rings is 1. The predicted octanol–water partition coefficient (Wildman–Crippen LogP) is 2.36. The summed E-state index contributed by atoms with van der Waals surface area (Å²) in [6.07, 6.45) is 6.39. The highest BCUT2D eigenvalue weighted by molar-refractivity contribution is 6.05. The van der Waals surface area contributed by atoms with E-state index in [1.807, 2.05) is 6.92 Å². The Kier molecular flexibility index (Phi) is 5.17. The highest BCUT2D eigenvalue weighted by atomic mass is 16.5. The van der Waals surface area contributed by atoms with E-state index in [1.54, 1.807) is 36.6 Å². The van der Waals surface area contributed by atoms with Gasteiger partial charge < -0.3 is 14.4 Å². The molecule has 6 heteroatoms. The molecule has 0 aliphatic carbocycles. The minimum absolute atomic E-state index is 0.0158. The molecule has 2 rings (SSSR count). The third-order valence-electron chi connectivity index (χ3n) is 3.51. The van der Waals surface area contributed by atoms with Crippen molar-refractivity contribution in [2.75, 3.05) is 19.1 Å². The van der Waals surface area contributed by atoms with Gasteiger partial charge in [-0.25, -0.2) is 9.59 Å². The molecule has 0 amide bonds. The summed E-state index contributed by atoms with van der Waals surface area (Å²) < 4.78 is 9.58. The molecule has 122 valence electrons. The summed E-state index contributed by atoms with van der Waals surface area (Å²) in [7, 11) is 2.47. The number of carbonyl (C=O) groups excluding carboxylic acids is 2. The zero-order valence-electron chi connectivity index (χ0n) is 13.6. The maximum atomic E-state index is 12.3. The summed E-state index contributed by atoms with van der Waals surface area (Å²) >= 11 is 0. The largest absolute Gasteiger partial charge is 0.465 e. The van der Waals surface area contributed by atoms with Gasteiger partial charge in [-0.15, -0.1) is 0 Å². The van der Waals surface area contributed by atoms with E-state index in [1.165, 1.54) is 25.2 Å². The fourth-order valence-corrected chi connectivity index (χ4v) is 2.25. The van der Waals surface area contributed by atoms with Gasteiger partial charge in [-0.05, 0) is 36.8 Å². The van der Waals surface area contributed by atoms with Gasteiger partial charge in [0.2, 0.25) is 0 Å². The van der Waals surface area contributed by atoms with Crippen LogP contribution in [-0.2, 0) is 19.1 Å². The highest BCUT2D eigenvalue weighted by Crippen LogP contribution is 2.27. The summed E-state index contributed by atoms with van der Waals surface area (Å²) in [4.78, 5) is 25.9. The zero-order valence-corrected chi connectivity index (χ0v) is 13.6. The molecule has 0 bridgehead atoms. The molecule has 1 aliphatic heterocycles. The van der Waals surface area contributed by atoms with Crippen LogP contribution >= 0.6 is 0 Å². The third-order valence-corrected chi connectivity index (χ3v) is 3.51. The summed E-state index contributed by atoms with van der Waals surface area (Å²) in [6, 6.07) is 7.27. The molecular weight excluding hydrogens is 308 g/mol. The number of methoxy groups -OCH3 is 2. The second-order valence-corrected chi connectivity index (χ2v) is 4.93. The number of rotatable bonds is 3. The lowest BCUT2D eigenvalue weighted by Crippen LogP contribution is -2.27. The van der Waals surface area contributed by atoms with E-state index in [2.05, 4.69) is 6.07 Å². The first-order valence-electron chi connectivity index (χ1n) is 7.09. The average Bonchev–Trinajstić information content (AvgIpc) is 2.83. The highest BCUT2D eigenvalue weighted by Gasteiger charge is 2.27. The van der Waals surface area contributed by atoms with Crippen molar-refractivity contribution in [1.82, 2.24) is 0 Å². The molecule has 6 nitrogen and oxygen atoms in total. The van der Waals surface area contributed by atoms with Crippen molar-refractivity contribution in [2.24, 2.45) is 0 Å². The van der Waals surface area contributed by atoms with Crippen LogP contribution < -0.4 is 4.90 Å². The van der Waals surface area contributed by atoms with Crippen molar-refractivity contribution in [3.63, 3.8) is 0 Å². The van der Waals surface area contributed by atoms with Crippen LogP contribution in [0.4, 0.5) is 5.69 Å². The SMILES string of the molecule is COC(=O)C1=C(C(=O)OC)N(c2ccc(C)c(C#N)c2)C=CC=C1. The van der Waals surface area contributed by atoms with Crippen molar-refractivity contribution in [1.29, 1.82) is 5.26 Å². The lowest BCUT2D eigenvalue weighted by atomic mass is 10.1. The first-order chi connectivity index (χ1) is 11.5. The maximum absolute atomic E-state index is 12.3. The normalized spacial score (nSPS) is 13.3. The summed E-state index contributed by atoms with van der Waals surface area (Å²) in [5.41, 5.74) is 1.92. The van der Waals surface area contributed by atoms with E-state index in [0.717, 1.165) is 5.56 Å². The van der Waals surface area contributed by atoms with E-state index in [4.69, 9.17) is 9.47 Å². The summed E-state index contributed by atoms with van der Waals surface area (Å²) in [6.45, 7) is 1.82. The van der Waals surface area contributed by atoms with Crippen molar-refractivity contribution in [3.05, 3.63) is 65.0 Å². The molecule has 0 fully saturated rings. The number of allylic oxidation sites excluding steroid dienone is 2. The fourth-order valence-electron chi connectivity index (χ4n) is 2.25. The van der Waals surface area contributed by atoms with Gasteiger partial charge in [-0.3, -0.25) is 0 Å². The quantitative estimate of drug-likeness (QED) is 0.794. The smallest absolute Gasteiger partial charge is 0.355 e. The molecule has 0 atom stereocenters. The van der Waals surface area contributed by atoms with E-state index in [0.29, 0.717) is 11.3 Å². The Bertz CT molecular complexity index is 813. The van der Waals surface area contributed by atoms with Crippen molar-refractivity contribution in [2.45, 2.75) is 6.92 Å². The van der Waals surface area contributed by atoms with Gasteiger partial charge in [0.25, 0.3) is 0 Å². The number of nitriles is 1. The number of esters is 2. The van der Waals surface area contributed by atoms with Gasteiger partial charge in [0, 0.05) is 11.9 Å². The van der Waals surface area contributed by atoms with Gasteiger partial charge in [0.1, 0.15) is 5.70 Å². The number of hydrogen-bond donors (Lipinski definition) is 0. The van der Waals surface area contributed by atoms with Crippen LogP contribution in [0, 0.1) is 18.3 Å². The van der Waals surface area contributed by atoms with Crippen molar-refractivity contribution >= 4 is 17.6 Å². The Morgan fingerprint density at radius 1 is 1.12 bits per heavy atom. The van der Waals surface area contributed by atoms with Crippen LogP contribution in [0.5, 0.6) is 0 Å². The number of anilines is 1. The summed E-state index contributed by atoms with van der Waals surface area (Å²) in [5.74, 6) is -1.35. The van der Waals surface area contributed by atoms with E-state index < -0.39 is 11.9 Å². The van der Waals surface area contributed by atoms with E-state index >= 15 is 0 Å². The molecule has 1 heterocycles. The first-order valence-corrected chi connectivity index (χ1v) is 7.09. The van der Waals surface area contributed by atoms with E-state index in [9.17, 15) is 14.9 Å². The summed E-state index contributed by atoms with van der Waals surface area (Å²) in [5, 5.41) is 9.22. The molecule has 1 aromatic rings. The number of nitrogens with zero attached hydrogens (tertiary/aromatic N) is 2. The van der Waals surface area contributed by atoms with Gasteiger partial charge in [0.15, 0.2) is 0 Å². The van der Waals surface area contributed by atoms with Gasteiger partial charge in [-0.1, -0.05) is 12.1 Å². The number of ether oxygens (including phenoxy) is 2. The fraction of sp³-hybridized carbons (Fsp3) is 0.167. The molecular formula is C18H16N2O4. The Morgan fingerprint density at radius 3 is 2.46 bits per heavy atom. The Morgan fingerprint density at radius 2 is 1.83 bits per heavy atom. The lowest BCUT2D eigenvalue weighted by molar-refractivity contribution is -0.139. The van der Waals surface area contributed by atoms with Crippen molar-refractivity contribution < 1.29 is 19.1 Å². The Labute approximate surface area is 139 Å². The van der Waals surface area contributed by atoms with Gasteiger partial charge in [0.05, 0.1) is 31.4 Å². The molecule has 0 saturated carbocycles. The van der Waals surface area contributed by atoms with Crippen molar-refractivity contribution in [3.8, 4) is 6.07 Å². The standard InChI is InChI=1S/C18H16N2O4/c1-12-7-8-14(10-13(12)11-19)20-9-5-4-6-15(17(21)23-2)16(20)18(22)24-3/h4-10H,1-3H3. The topological polar surface area (TPSA) is 79.6 Å². The minimum atomic E-state index is -0.689. The predicted molar refractivity (Wildman–Crippen MR) is 87.7 cm³/mol. The van der Waals surface area contributed by atoms with E-state index in [-0.39, 0.29) is 11.3 Å². The molecule has 1 aliphatic rings. The second-order valence-electron chi connectivity index (χ2n) is 4.93. The molecule has 1 aromatic carbocycles. The monoisotopic (exact) mass is 324 g/mol. The maximum Gasteiger partial charge on any atom is 0.355 e. The van der Waals surface area contributed by atoms with Crippen LogP contribution in [-0.4, -0.2) is 26.2 Å². The minimum Gasteiger partial charge on any atom is -0.465 e. The van der Waals surface area contributed by atoms with Crippen LogP contribution in [0.1, 0.15) is 11.1 Å². The Balaban J connectivity index is 2.68. The third kappa shape index (κ3) is 3.20. The first kappa shape index (κ1) is 17.0. The van der Waals surface area contributed by atoms with Crippen LogP contribution in [0.25, 0.3) is 0 Å². The molecule has 0 N–H and O–H groups in total. The molecule has 0 aromatic heterocycles. The molecule has 0 radical (unpaired) electrons. The average molecular weight is 324 g/mol. The number of hydrogen-bond acceptors (Lipinski definition) is 6. The molecule has 0 unspecified atom stereocenters.